The van der Waals surface area contributed by atoms with Crippen LogP contribution in [0.5, 0.6) is 0 Å². The molecule has 0 aliphatic carbocycles. The minimum Gasteiger partial charge on any atom is -0.462 e. The molecule has 2 rings (SSSR count). The number of aliphatic hydroxyl groups is 7. The van der Waals surface area contributed by atoms with Gasteiger partial charge in [0, 0.05) is 12.8 Å². The standard InChI is InChI=1S/C52H88O15/c1-3-5-7-9-11-13-15-17-19-20-21-23-25-27-29-31-33-35-44(55)65-40(37-62-43(54)34-32-30-28-26-24-22-18-16-14-12-10-8-6-4-2)38-63-51-50(61)48(59)46(57)42(67-51)39-64-52-49(60)47(58)45(56)41(36-53)66-52/h5,7,10-13,16-19,40-42,45-53,56-61H,3-4,6,8-9,14-15,20-39H2,1-2H3/b7-5-,12-10-,13-11-,18-16-,19-17-. The van der Waals surface area contributed by atoms with Gasteiger partial charge in [0.15, 0.2) is 18.7 Å². The number of unbranched alkanes of at least 4 members (excludes halogenated alkanes) is 14. The van der Waals surface area contributed by atoms with E-state index < -0.39 is 99.3 Å². The Morgan fingerprint density at radius 1 is 0.493 bits per heavy atom. The highest BCUT2D eigenvalue weighted by Crippen LogP contribution is 2.26. The first-order valence-electron chi connectivity index (χ1n) is 25.4. The molecule has 0 bridgehead atoms. The third-order valence-corrected chi connectivity index (χ3v) is 11.7. The molecule has 386 valence electrons. The van der Waals surface area contributed by atoms with Crippen LogP contribution in [0.2, 0.25) is 0 Å². The predicted molar refractivity (Wildman–Crippen MR) is 256 cm³/mol. The summed E-state index contributed by atoms with van der Waals surface area (Å²) in [6.07, 6.45) is 26.7. The van der Waals surface area contributed by atoms with Crippen molar-refractivity contribution in [3.63, 3.8) is 0 Å². The second-order valence-electron chi connectivity index (χ2n) is 17.6. The number of hydrogen-bond donors (Lipinski definition) is 7. The van der Waals surface area contributed by atoms with E-state index in [9.17, 15) is 45.3 Å². The van der Waals surface area contributed by atoms with Gasteiger partial charge in [0.1, 0.15) is 55.4 Å². The van der Waals surface area contributed by atoms with Crippen molar-refractivity contribution in [2.75, 3.05) is 26.4 Å². The molecule has 2 aliphatic heterocycles. The summed E-state index contributed by atoms with van der Waals surface area (Å²) >= 11 is 0. The monoisotopic (exact) mass is 953 g/mol. The summed E-state index contributed by atoms with van der Waals surface area (Å²) in [5.41, 5.74) is 0. The van der Waals surface area contributed by atoms with Crippen LogP contribution >= 0.6 is 0 Å². The van der Waals surface area contributed by atoms with E-state index in [2.05, 4.69) is 74.6 Å². The van der Waals surface area contributed by atoms with Crippen LogP contribution in [0.25, 0.3) is 0 Å². The van der Waals surface area contributed by atoms with Crippen LogP contribution in [0.3, 0.4) is 0 Å². The van der Waals surface area contributed by atoms with E-state index in [0.717, 1.165) is 109 Å². The fraction of sp³-hybridized carbons (Fsp3) is 0.769. The molecule has 15 heteroatoms. The topological polar surface area (TPSA) is 231 Å². The molecule has 0 spiro atoms. The van der Waals surface area contributed by atoms with Gasteiger partial charge in [-0.25, -0.2) is 0 Å². The van der Waals surface area contributed by atoms with Crippen LogP contribution in [0.4, 0.5) is 0 Å². The number of carbonyl (C=O) groups excluding carboxylic acids is 2. The number of hydrogen-bond acceptors (Lipinski definition) is 15. The Bertz CT molecular complexity index is 1400. The maximum Gasteiger partial charge on any atom is 0.306 e. The normalized spacial score (nSPS) is 26.5. The molecular formula is C52H88O15. The largest absolute Gasteiger partial charge is 0.462 e. The Balaban J connectivity index is 1.82. The van der Waals surface area contributed by atoms with Crippen molar-refractivity contribution in [2.45, 2.75) is 229 Å². The second-order valence-corrected chi connectivity index (χ2v) is 17.6. The molecule has 0 amide bonds. The summed E-state index contributed by atoms with van der Waals surface area (Å²) in [5, 5.41) is 72.1. The van der Waals surface area contributed by atoms with E-state index in [-0.39, 0.29) is 19.4 Å². The molecule has 0 aromatic carbocycles. The zero-order valence-corrected chi connectivity index (χ0v) is 40.6. The Morgan fingerprint density at radius 2 is 0.940 bits per heavy atom. The first-order valence-corrected chi connectivity index (χ1v) is 25.4. The minimum atomic E-state index is -1.77. The Kier molecular flexibility index (Phi) is 35.1. The lowest BCUT2D eigenvalue weighted by Crippen LogP contribution is -2.61. The Hall–Kier alpha value is -2.80. The molecule has 7 N–H and O–H groups in total. The van der Waals surface area contributed by atoms with Crippen LogP contribution in [-0.4, -0.2) is 142 Å². The first kappa shape index (κ1) is 60.3. The summed E-state index contributed by atoms with van der Waals surface area (Å²) in [6, 6.07) is 0. The first-order chi connectivity index (χ1) is 32.5. The van der Waals surface area contributed by atoms with Crippen LogP contribution in [0.15, 0.2) is 60.8 Å². The summed E-state index contributed by atoms with van der Waals surface area (Å²) < 4.78 is 33.5. The highest BCUT2D eigenvalue weighted by atomic mass is 16.7. The van der Waals surface area contributed by atoms with E-state index in [1.807, 2.05) is 0 Å². The number of carbonyl (C=O) groups is 2. The van der Waals surface area contributed by atoms with E-state index >= 15 is 0 Å². The molecule has 2 fully saturated rings. The van der Waals surface area contributed by atoms with Gasteiger partial charge in [-0.1, -0.05) is 139 Å². The summed E-state index contributed by atoms with van der Waals surface area (Å²) in [7, 11) is 0. The van der Waals surface area contributed by atoms with Gasteiger partial charge in [0.05, 0.1) is 19.8 Å². The van der Waals surface area contributed by atoms with Crippen LogP contribution in [-0.2, 0) is 38.0 Å². The lowest BCUT2D eigenvalue weighted by molar-refractivity contribution is -0.332. The smallest absolute Gasteiger partial charge is 0.306 e. The third-order valence-electron chi connectivity index (χ3n) is 11.7. The average Bonchev–Trinajstić information content (AvgIpc) is 3.32. The molecule has 11 atom stereocenters. The van der Waals surface area contributed by atoms with Gasteiger partial charge in [-0.15, -0.1) is 0 Å². The van der Waals surface area contributed by atoms with Crippen molar-refractivity contribution in [1.29, 1.82) is 0 Å². The summed E-state index contributed by atoms with van der Waals surface area (Å²) in [6.45, 7) is 2.40. The van der Waals surface area contributed by atoms with Crippen LogP contribution in [0.1, 0.15) is 162 Å². The van der Waals surface area contributed by atoms with E-state index in [1.54, 1.807) is 0 Å². The molecule has 11 unspecified atom stereocenters. The molecule has 0 aromatic rings. The molecule has 0 radical (unpaired) electrons. The molecule has 2 heterocycles. The van der Waals surface area contributed by atoms with E-state index in [4.69, 9.17) is 28.4 Å². The van der Waals surface area contributed by atoms with Gasteiger partial charge in [-0.3, -0.25) is 9.59 Å². The lowest BCUT2D eigenvalue weighted by Gasteiger charge is -2.42. The predicted octanol–water partition coefficient (Wildman–Crippen LogP) is 6.88. The molecular weight excluding hydrogens is 865 g/mol. The summed E-state index contributed by atoms with van der Waals surface area (Å²) in [4.78, 5) is 25.7. The number of allylic oxidation sites excluding steroid dienone is 10. The van der Waals surface area contributed by atoms with Crippen LogP contribution in [0, 0.1) is 0 Å². The zero-order valence-electron chi connectivity index (χ0n) is 40.6. The van der Waals surface area contributed by atoms with Crippen molar-refractivity contribution in [2.24, 2.45) is 0 Å². The average molecular weight is 953 g/mol. The summed E-state index contributed by atoms with van der Waals surface area (Å²) in [5.74, 6) is -0.957. The van der Waals surface area contributed by atoms with E-state index in [1.165, 1.54) is 12.8 Å². The van der Waals surface area contributed by atoms with Gasteiger partial charge in [-0.05, 0) is 70.6 Å². The Labute approximate surface area is 400 Å². The molecule has 0 aromatic heterocycles. The molecule has 15 nitrogen and oxygen atoms in total. The molecule has 0 saturated carbocycles. The second kappa shape index (κ2) is 39.0. The van der Waals surface area contributed by atoms with E-state index in [0.29, 0.717) is 12.8 Å². The highest BCUT2D eigenvalue weighted by molar-refractivity contribution is 5.70. The Morgan fingerprint density at radius 3 is 1.48 bits per heavy atom. The van der Waals surface area contributed by atoms with Crippen molar-refractivity contribution < 1.29 is 73.8 Å². The quantitative estimate of drug-likeness (QED) is 0.0190. The molecule has 2 saturated heterocycles. The number of esters is 2. The van der Waals surface area contributed by atoms with Gasteiger partial charge >= 0.3 is 11.9 Å². The minimum absolute atomic E-state index is 0.148. The van der Waals surface area contributed by atoms with Crippen molar-refractivity contribution in [3.05, 3.63) is 60.8 Å². The SMILES string of the molecule is CC/C=C\C/C=C\C/C=C\CCCCCCCCCC(=O)OC(COC(=O)CCCCCCC/C=C\C/C=C\CCCC)COC1OC(COC2OC(CO)C(O)C(O)C2O)C(O)C(O)C1O. The lowest BCUT2D eigenvalue weighted by atomic mass is 9.98. The maximum absolute atomic E-state index is 13.0. The van der Waals surface area contributed by atoms with Gasteiger partial charge in [0.2, 0.25) is 0 Å². The number of ether oxygens (including phenoxy) is 6. The van der Waals surface area contributed by atoms with Gasteiger partial charge in [0.25, 0.3) is 0 Å². The fourth-order valence-electron chi connectivity index (χ4n) is 7.54. The van der Waals surface area contributed by atoms with Crippen molar-refractivity contribution in [3.8, 4) is 0 Å². The maximum atomic E-state index is 13.0. The highest BCUT2D eigenvalue weighted by Gasteiger charge is 2.47. The van der Waals surface area contributed by atoms with Gasteiger partial charge < -0.3 is 64.2 Å². The zero-order chi connectivity index (χ0) is 48.9. The van der Waals surface area contributed by atoms with Crippen molar-refractivity contribution in [1.82, 2.24) is 0 Å². The number of aliphatic hydroxyl groups excluding tert-OH is 7. The van der Waals surface area contributed by atoms with Crippen molar-refractivity contribution >= 4 is 11.9 Å². The molecule has 2 aliphatic rings. The fourth-order valence-corrected chi connectivity index (χ4v) is 7.54. The number of rotatable bonds is 38. The van der Waals surface area contributed by atoms with Crippen LogP contribution < -0.4 is 0 Å². The van der Waals surface area contributed by atoms with Gasteiger partial charge in [-0.2, -0.15) is 0 Å². The molecule has 67 heavy (non-hydrogen) atoms. The third kappa shape index (κ3) is 27.3.